The molecule has 112 valence electrons. The van der Waals surface area contributed by atoms with E-state index < -0.39 is 10.7 Å². The lowest BCUT2D eigenvalue weighted by molar-refractivity contribution is -0.386. The Bertz CT molecular complexity index is 756. The summed E-state index contributed by atoms with van der Waals surface area (Å²) < 4.78 is 18.6. The summed E-state index contributed by atoms with van der Waals surface area (Å²) in [4.78, 5) is 10.3. The van der Waals surface area contributed by atoms with Gasteiger partial charge in [-0.05, 0) is 35.9 Å². The number of nitro groups is 1. The zero-order valence-electron chi connectivity index (χ0n) is 11.3. The molecule has 0 radical (unpaired) electrons. The number of aliphatic hydroxyl groups excluding tert-OH is 1. The molecule has 0 aliphatic heterocycles. The highest BCUT2D eigenvalue weighted by atomic mass is 19.1. The molecule has 1 N–H and O–H groups in total. The first-order valence-corrected chi connectivity index (χ1v) is 6.24. The number of nitro benzene ring substituents is 1. The lowest BCUT2D eigenvalue weighted by Gasteiger charge is -2.09. The van der Waals surface area contributed by atoms with E-state index in [1.807, 2.05) is 6.07 Å². The van der Waals surface area contributed by atoms with Gasteiger partial charge in [-0.3, -0.25) is 10.1 Å². The van der Waals surface area contributed by atoms with Crippen LogP contribution in [0.1, 0.15) is 16.7 Å². The number of aliphatic hydroxyl groups is 1. The van der Waals surface area contributed by atoms with Crippen LogP contribution in [0.25, 0.3) is 0 Å². The van der Waals surface area contributed by atoms with Gasteiger partial charge in [-0.2, -0.15) is 5.26 Å². The first kappa shape index (κ1) is 15.4. The van der Waals surface area contributed by atoms with E-state index in [9.17, 15) is 14.5 Å². The molecular weight excluding hydrogens is 291 g/mol. The normalized spacial score (nSPS) is 10.0. The summed E-state index contributed by atoms with van der Waals surface area (Å²) in [6.45, 7) is -0.492. The van der Waals surface area contributed by atoms with E-state index in [4.69, 9.17) is 15.1 Å². The van der Waals surface area contributed by atoms with Gasteiger partial charge in [-0.25, -0.2) is 4.39 Å². The zero-order valence-corrected chi connectivity index (χ0v) is 11.3. The van der Waals surface area contributed by atoms with Crippen LogP contribution in [0.15, 0.2) is 36.4 Å². The van der Waals surface area contributed by atoms with Crippen LogP contribution in [0.2, 0.25) is 0 Å². The van der Waals surface area contributed by atoms with Crippen molar-refractivity contribution in [1.82, 2.24) is 0 Å². The van der Waals surface area contributed by atoms with Crippen LogP contribution < -0.4 is 4.74 Å². The lowest BCUT2D eigenvalue weighted by atomic mass is 10.1. The van der Waals surface area contributed by atoms with Crippen molar-refractivity contribution >= 4 is 5.69 Å². The van der Waals surface area contributed by atoms with Crippen LogP contribution in [0.3, 0.4) is 0 Å². The van der Waals surface area contributed by atoms with Crippen molar-refractivity contribution in [3.63, 3.8) is 0 Å². The largest absolute Gasteiger partial charge is 0.482 e. The standard InChI is InChI=1S/C15H11FN2O4/c16-13-3-2-11(7-17)12(6-13)9-22-15-5-10(8-19)1-4-14(15)18(20)21/h1-6,19H,8-9H2. The lowest BCUT2D eigenvalue weighted by Crippen LogP contribution is -2.02. The summed E-state index contributed by atoms with van der Waals surface area (Å²) >= 11 is 0. The Morgan fingerprint density at radius 2 is 2.09 bits per heavy atom. The summed E-state index contributed by atoms with van der Waals surface area (Å²) in [5.41, 5.74) is 0.682. The summed E-state index contributed by atoms with van der Waals surface area (Å²) in [6.07, 6.45) is 0. The Balaban J connectivity index is 2.30. The molecule has 0 spiro atoms. The minimum atomic E-state index is -0.618. The second-order valence-electron chi connectivity index (χ2n) is 4.42. The molecule has 2 aromatic rings. The van der Waals surface area contributed by atoms with Crippen LogP contribution in [-0.4, -0.2) is 10.0 Å². The van der Waals surface area contributed by atoms with Crippen molar-refractivity contribution in [2.45, 2.75) is 13.2 Å². The molecule has 2 rings (SSSR count). The van der Waals surface area contributed by atoms with Crippen LogP contribution in [0.5, 0.6) is 5.75 Å². The van der Waals surface area contributed by atoms with Gasteiger partial charge in [0.2, 0.25) is 0 Å². The molecule has 6 nitrogen and oxygen atoms in total. The topological polar surface area (TPSA) is 96.4 Å². The molecule has 2 aromatic carbocycles. The minimum absolute atomic E-state index is 0.0512. The fourth-order valence-electron chi connectivity index (χ4n) is 1.87. The molecule has 0 saturated heterocycles. The van der Waals surface area contributed by atoms with Crippen molar-refractivity contribution in [3.05, 3.63) is 69.0 Å². The average molecular weight is 302 g/mol. The van der Waals surface area contributed by atoms with Gasteiger partial charge in [0, 0.05) is 11.6 Å². The quantitative estimate of drug-likeness (QED) is 0.676. The molecule has 0 aliphatic rings. The summed E-state index contributed by atoms with van der Waals surface area (Å²) in [5, 5.41) is 29.0. The van der Waals surface area contributed by atoms with Crippen molar-refractivity contribution in [3.8, 4) is 11.8 Å². The minimum Gasteiger partial charge on any atom is -0.482 e. The van der Waals surface area contributed by atoms with Gasteiger partial charge in [0.05, 0.1) is 23.2 Å². The molecule has 22 heavy (non-hydrogen) atoms. The van der Waals surface area contributed by atoms with E-state index in [1.54, 1.807) is 0 Å². The molecule has 0 fully saturated rings. The van der Waals surface area contributed by atoms with Gasteiger partial charge in [0.15, 0.2) is 5.75 Å². The Morgan fingerprint density at radius 3 is 2.73 bits per heavy atom. The number of hydrogen-bond donors (Lipinski definition) is 1. The molecule has 0 saturated carbocycles. The smallest absolute Gasteiger partial charge is 0.310 e. The molecule has 0 amide bonds. The average Bonchev–Trinajstić information content (AvgIpc) is 2.52. The maximum absolute atomic E-state index is 13.2. The first-order chi connectivity index (χ1) is 10.5. The number of nitrogens with zero attached hydrogens (tertiary/aromatic N) is 2. The fourth-order valence-corrected chi connectivity index (χ4v) is 1.87. The van der Waals surface area contributed by atoms with E-state index in [0.717, 1.165) is 12.1 Å². The highest BCUT2D eigenvalue weighted by molar-refractivity contribution is 5.48. The predicted molar refractivity (Wildman–Crippen MR) is 74.5 cm³/mol. The van der Waals surface area contributed by atoms with E-state index in [-0.39, 0.29) is 35.8 Å². The Labute approximate surface area is 125 Å². The van der Waals surface area contributed by atoms with Gasteiger partial charge >= 0.3 is 5.69 Å². The molecule has 0 aliphatic carbocycles. The van der Waals surface area contributed by atoms with Crippen LogP contribution in [-0.2, 0) is 13.2 Å². The molecule has 7 heteroatoms. The third-order valence-corrected chi connectivity index (χ3v) is 2.97. The summed E-state index contributed by atoms with van der Waals surface area (Å²) in [5.74, 6) is -0.582. The molecule has 0 atom stereocenters. The van der Waals surface area contributed by atoms with Gasteiger partial charge in [-0.1, -0.05) is 0 Å². The van der Waals surface area contributed by atoms with Crippen LogP contribution in [0, 0.1) is 27.3 Å². The number of nitriles is 1. The van der Waals surface area contributed by atoms with Crippen LogP contribution >= 0.6 is 0 Å². The van der Waals surface area contributed by atoms with E-state index in [1.165, 1.54) is 24.3 Å². The molecule has 0 unspecified atom stereocenters. The monoisotopic (exact) mass is 302 g/mol. The van der Waals surface area contributed by atoms with Crippen molar-refractivity contribution in [1.29, 1.82) is 5.26 Å². The van der Waals surface area contributed by atoms with Gasteiger partial charge < -0.3 is 9.84 Å². The molecule has 0 aromatic heterocycles. The van der Waals surface area contributed by atoms with Crippen molar-refractivity contribution in [2.75, 3.05) is 0 Å². The molecule has 0 heterocycles. The summed E-state index contributed by atoms with van der Waals surface area (Å²) in [6, 6.07) is 9.47. The summed E-state index contributed by atoms with van der Waals surface area (Å²) in [7, 11) is 0. The van der Waals surface area contributed by atoms with E-state index in [0.29, 0.717) is 5.56 Å². The number of benzene rings is 2. The number of rotatable bonds is 5. The van der Waals surface area contributed by atoms with E-state index in [2.05, 4.69) is 0 Å². The number of hydrogen-bond acceptors (Lipinski definition) is 5. The SMILES string of the molecule is N#Cc1ccc(F)cc1COc1cc(CO)ccc1[N+](=O)[O-]. The number of ether oxygens (including phenoxy) is 1. The van der Waals surface area contributed by atoms with Crippen LogP contribution in [0.4, 0.5) is 10.1 Å². The Kier molecular flexibility index (Phi) is 4.66. The highest BCUT2D eigenvalue weighted by Gasteiger charge is 2.16. The third kappa shape index (κ3) is 3.37. The van der Waals surface area contributed by atoms with Gasteiger partial charge in [0.1, 0.15) is 12.4 Å². The fraction of sp³-hybridized carbons (Fsp3) is 0.133. The zero-order chi connectivity index (χ0) is 16.1. The van der Waals surface area contributed by atoms with Crippen molar-refractivity contribution < 1.29 is 19.2 Å². The predicted octanol–water partition coefficient (Wildman–Crippen LogP) is 2.68. The Morgan fingerprint density at radius 1 is 1.32 bits per heavy atom. The van der Waals surface area contributed by atoms with Gasteiger partial charge in [0.25, 0.3) is 0 Å². The molecular formula is C15H11FN2O4. The third-order valence-electron chi connectivity index (χ3n) is 2.97. The van der Waals surface area contributed by atoms with E-state index >= 15 is 0 Å². The maximum Gasteiger partial charge on any atom is 0.310 e. The van der Waals surface area contributed by atoms with Gasteiger partial charge in [-0.15, -0.1) is 0 Å². The Hall–Kier alpha value is -2.98. The second kappa shape index (κ2) is 6.65. The first-order valence-electron chi connectivity index (χ1n) is 6.24. The molecule has 0 bridgehead atoms. The van der Waals surface area contributed by atoms with Crippen molar-refractivity contribution in [2.24, 2.45) is 0 Å². The highest BCUT2D eigenvalue weighted by Crippen LogP contribution is 2.29. The second-order valence-corrected chi connectivity index (χ2v) is 4.42. The number of halogens is 1. The maximum atomic E-state index is 13.2.